The van der Waals surface area contributed by atoms with E-state index in [-0.39, 0.29) is 23.2 Å². The normalized spacial score (nSPS) is 28.9. The Balaban J connectivity index is 2.36. The number of rotatable bonds is 1. The van der Waals surface area contributed by atoms with Crippen LogP contribution in [0.2, 0.25) is 5.02 Å². The molecule has 1 aliphatic carbocycles. The molecule has 0 bridgehead atoms. The van der Waals surface area contributed by atoms with Crippen molar-refractivity contribution in [3.05, 3.63) is 34.6 Å². The SMILES string of the molecule is CC1(C)[C@H](N)[C@H]1c1ccc(Cl)cc1F. The summed E-state index contributed by atoms with van der Waals surface area (Å²) in [7, 11) is 0. The Morgan fingerprint density at radius 2 is 2.00 bits per heavy atom. The molecule has 1 nitrogen and oxygen atoms in total. The van der Waals surface area contributed by atoms with Gasteiger partial charge in [-0.05, 0) is 23.1 Å². The molecule has 1 saturated carbocycles. The standard InChI is InChI=1S/C11H13ClFN/c1-11(2)9(10(11)14)7-4-3-6(12)5-8(7)13/h3-5,9-10H,14H2,1-2H3/t9-,10-/m1/s1. The van der Waals surface area contributed by atoms with Gasteiger partial charge in [0.05, 0.1) is 0 Å². The maximum absolute atomic E-state index is 13.5. The molecule has 0 saturated heterocycles. The molecular formula is C11H13ClFN. The largest absolute Gasteiger partial charge is 0.327 e. The fourth-order valence-electron chi connectivity index (χ4n) is 2.03. The van der Waals surface area contributed by atoms with Gasteiger partial charge in [0.15, 0.2) is 0 Å². The van der Waals surface area contributed by atoms with Crippen molar-refractivity contribution in [2.75, 3.05) is 0 Å². The Kier molecular flexibility index (Phi) is 2.09. The van der Waals surface area contributed by atoms with Crippen LogP contribution in [0.3, 0.4) is 0 Å². The van der Waals surface area contributed by atoms with Crippen molar-refractivity contribution in [2.45, 2.75) is 25.8 Å². The highest BCUT2D eigenvalue weighted by Gasteiger charge is 2.56. The van der Waals surface area contributed by atoms with Crippen molar-refractivity contribution in [1.82, 2.24) is 0 Å². The Hall–Kier alpha value is -0.600. The Morgan fingerprint density at radius 3 is 2.43 bits per heavy atom. The highest BCUT2D eigenvalue weighted by atomic mass is 35.5. The maximum Gasteiger partial charge on any atom is 0.128 e. The molecule has 2 N–H and O–H groups in total. The van der Waals surface area contributed by atoms with E-state index >= 15 is 0 Å². The van der Waals surface area contributed by atoms with Gasteiger partial charge in [-0.15, -0.1) is 0 Å². The fourth-order valence-corrected chi connectivity index (χ4v) is 2.18. The van der Waals surface area contributed by atoms with Crippen LogP contribution in [0.4, 0.5) is 4.39 Å². The van der Waals surface area contributed by atoms with Gasteiger partial charge in [-0.1, -0.05) is 31.5 Å². The van der Waals surface area contributed by atoms with Crippen LogP contribution in [-0.4, -0.2) is 6.04 Å². The van der Waals surface area contributed by atoms with Gasteiger partial charge in [0.1, 0.15) is 5.82 Å². The van der Waals surface area contributed by atoms with Gasteiger partial charge < -0.3 is 5.73 Å². The fraction of sp³-hybridized carbons (Fsp3) is 0.455. The van der Waals surface area contributed by atoms with Crippen molar-refractivity contribution in [2.24, 2.45) is 11.1 Å². The van der Waals surface area contributed by atoms with Crippen LogP contribution < -0.4 is 5.73 Å². The van der Waals surface area contributed by atoms with Gasteiger partial charge in [-0.25, -0.2) is 4.39 Å². The summed E-state index contributed by atoms with van der Waals surface area (Å²) >= 11 is 5.68. The summed E-state index contributed by atoms with van der Waals surface area (Å²) in [5.41, 5.74) is 6.58. The lowest BCUT2D eigenvalue weighted by atomic mass is 10.0. The monoisotopic (exact) mass is 213 g/mol. The third-order valence-corrected chi connectivity index (χ3v) is 3.44. The van der Waals surface area contributed by atoms with Crippen molar-refractivity contribution in [3.63, 3.8) is 0 Å². The molecule has 1 aromatic rings. The van der Waals surface area contributed by atoms with Crippen LogP contribution in [0.25, 0.3) is 0 Å². The topological polar surface area (TPSA) is 26.0 Å². The summed E-state index contributed by atoms with van der Waals surface area (Å²) in [6, 6.07) is 4.84. The molecule has 0 aromatic heterocycles. The second-order valence-corrected chi connectivity index (χ2v) is 4.93. The Bertz CT molecular complexity index is 376. The molecular weight excluding hydrogens is 201 g/mol. The quantitative estimate of drug-likeness (QED) is 0.763. The van der Waals surface area contributed by atoms with Crippen LogP contribution in [0, 0.1) is 11.2 Å². The molecule has 0 unspecified atom stereocenters. The molecule has 0 spiro atoms. The summed E-state index contributed by atoms with van der Waals surface area (Å²) in [5, 5.41) is 0.429. The average molecular weight is 214 g/mol. The Labute approximate surface area is 88.1 Å². The number of hydrogen-bond donors (Lipinski definition) is 1. The lowest BCUT2D eigenvalue weighted by molar-refractivity contribution is 0.571. The van der Waals surface area contributed by atoms with Crippen LogP contribution in [0.1, 0.15) is 25.3 Å². The molecule has 1 fully saturated rings. The molecule has 14 heavy (non-hydrogen) atoms. The van der Waals surface area contributed by atoms with E-state index in [1.807, 2.05) is 0 Å². The smallest absolute Gasteiger partial charge is 0.128 e. The second-order valence-electron chi connectivity index (χ2n) is 4.49. The minimum absolute atomic E-state index is 0.00860. The van der Waals surface area contributed by atoms with Gasteiger partial charge in [0.25, 0.3) is 0 Å². The molecule has 3 heteroatoms. The van der Waals surface area contributed by atoms with E-state index in [9.17, 15) is 4.39 Å². The number of nitrogens with two attached hydrogens (primary N) is 1. The molecule has 1 aromatic carbocycles. The predicted octanol–water partition coefficient (Wildman–Crippen LogP) is 2.93. The third-order valence-electron chi connectivity index (χ3n) is 3.21. The first kappa shape index (κ1) is 9.94. The zero-order valence-electron chi connectivity index (χ0n) is 8.22. The van der Waals surface area contributed by atoms with E-state index in [0.29, 0.717) is 10.6 Å². The molecule has 1 aliphatic rings. The lowest BCUT2D eigenvalue weighted by Crippen LogP contribution is -2.06. The van der Waals surface area contributed by atoms with E-state index in [1.165, 1.54) is 6.07 Å². The molecule has 2 atom stereocenters. The van der Waals surface area contributed by atoms with Crippen molar-refractivity contribution < 1.29 is 4.39 Å². The summed E-state index contributed by atoms with van der Waals surface area (Å²) < 4.78 is 13.5. The second kappa shape index (κ2) is 2.94. The van der Waals surface area contributed by atoms with E-state index in [0.717, 1.165) is 0 Å². The average Bonchev–Trinajstić information content (AvgIpc) is 2.54. The lowest BCUT2D eigenvalue weighted by Gasteiger charge is -2.04. The van der Waals surface area contributed by atoms with Gasteiger partial charge in [-0.2, -0.15) is 0 Å². The maximum atomic E-state index is 13.5. The van der Waals surface area contributed by atoms with Gasteiger partial charge in [-0.3, -0.25) is 0 Å². The molecule has 0 aliphatic heterocycles. The first-order chi connectivity index (χ1) is 6.44. The van der Waals surface area contributed by atoms with Crippen molar-refractivity contribution in [3.8, 4) is 0 Å². The Morgan fingerprint density at radius 1 is 1.43 bits per heavy atom. The highest BCUT2D eigenvalue weighted by molar-refractivity contribution is 6.30. The molecule has 0 heterocycles. The van der Waals surface area contributed by atoms with Gasteiger partial charge in [0.2, 0.25) is 0 Å². The van der Waals surface area contributed by atoms with E-state index in [2.05, 4.69) is 13.8 Å². The molecule has 0 radical (unpaired) electrons. The zero-order chi connectivity index (χ0) is 10.5. The summed E-state index contributed by atoms with van der Waals surface area (Å²) in [5.74, 6) is -0.122. The summed E-state index contributed by atoms with van der Waals surface area (Å²) in [6.07, 6.45) is 0. The number of hydrogen-bond acceptors (Lipinski definition) is 1. The van der Waals surface area contributed by atoms with Crippen molar-refractivity contribution >= 4 is 11.6 Å². The predicted molar refractivity (Wildman–Crippen MR) is 55.9 cm³/mol. The van der Waals surface area contributed by atoms with E-state index in [1.54, 1.807) is 12.1 Å². The van der Waals surface area contributed by atoms with Crippen LogP contribution in [0.15, 0.2) is 18.2 Å². The first-order valence-corrected chi connectivity index (χ1v) is 5.03. The van der Waals surface area contributed by atoms with Crippen LogP contribution in [-0.2, 0) is 0 Å². The number of halogens is 2. The van der Waals surface area contributed by atoms with Gasteiger partial charge in [0, 0.05) is 17.0 Å². The molecule has 76 valence electrons. The van der Waals surface area contributed by atoms with E-state index < -0.39 is 0 Å². The summed E-state index contributed by atoms with van der Waals surface area (Å²) in [4.78, 5) is 0. The third kappa shape index (κ3) is 1.33. The minimum atomic E-state index is -0.247. The van der Waals surface area contributed by atoms with Gasteiger partial charge >= 0.3 is 0 Å². The van der Waals surface area contributed by atoms with Crippen LogP contribution >= 0.6 is 11.6 Å². The number of benzene rings is 1. The first-order valence-electron chi connectivity index (χ1n) is 4.65. The summed E-state index contributed by atoms with van der Waals surface area (Å²) in [6.45, 7) is 4.10. The molecule has 0 amide bonds. The van der Waals surface area contributed by atoms with E-state index in [4.69, 9.17) is 17.3 Å². The molecule has 2 rings (SSSR count). The highest BCUT2D eigenvalue weighted by Crippen LogP contribution is 2.57. The zero-order valence-corrected chi connectivity index (χ0v) is 8.98. The van der Waals surface area contributed by atoms with Crippen molar-refractivity contribution in [1.29, 1.82) is 0 Å². The minimum Gasteiger partial charge on any atom is -0.327 e. The van der Waals surface area contributed by atoms with Crippen LogP contribution in [0.5, 0.6) is 0 Å².